The van der Waals surface area contributed by atoms with Gasteiger partial charge in [0.1, 0.15) is 0 Å². The van der Waals surface area contributed by atoms with Gasteiger partial charge in [-0.05, 0) is 17.7 Å². The number of aromatic nitrogens is 1. The summed E-state index contributed by atoms with van der Waals surface area (Å²) >= 11 is 1.58. The first-order chi connectivity index (χ1) is 8.25. The van der Waals surface area contributed by atoms with Crippen LogP contribution < -0.4 is 11.1 Å². The zero-order valence-electron chi connectivity index (χ0n) is 9.22. The zero-order valence-corrected chi connectivity index (χ0v) is 10.0. The highest BCUT2D eigenvalue weighted by Crippen LogP contribution is 2.05. The quantitative estimate of drug-likeness (QED) is 0.842. The Hall–Kier alpha value is -1.72. The Bertz CT molecular complexity index is 496. The summed E-state index contributed by atoms with van der Waals surface area (Å²) in [6.07, 6.45) is 0. The highest BCUT2D eigenvalue weighted by Gasteiger charge is 2.01. The van der Waals surface area contributed by atoms with Crippen molar-refractivity contribution < 1.29 is 4.79 Å². The number of hydrogen-bond donors (Lipinski definition) is 2. The van der Waals surface area contributed by atoms with Crippen LogP contribution in [-0.2, 0) is 13.1 Å². The van der Waals surface area contributed by atoms with E-state index in [1.165, 1.54) is 0 Å². The number of nitrogens with two attached hydrogens (primary N) is 1. The Morgan fingerprint density at radius 3 is 3.00 bits per heavy atom. The van der Waals surface area contributed by atoms with Crippen LogP contribution in [0.3, 0.4) is 0 Å². The second-order valence-electron chi connectivity index (χ2n) is 3.65. The van der Waals surface area contributed by atoms with E-state index in [1.54, 1.807) is 23.5 Å². The SMILES string of the molecule is NC(=O)c1cccc(CNCc2cscn2)c1. The molecule has 0 saturated heterocycles. The van der Waals surface area contributed by atoms with Crippen molar-refractivity contribution in [3.05, 3.63) is 52.0 Å². The maximum absolute atomic E-state index is 11.0. The number of nitrogens with one attached hydrogen (secondary N) is 1. The molecule has 1 aromatic carbocycles. The summed E-state index contributed by atoms with van der Waals surface area (Å²) in [4.78, 5) is 15.2. The second-order valence-corrected chi connectivity index (χ2v) is 4.37. The van der Waals surface area contributed by atoms with Crippen molar-refractivity contribution in [3.8, 4) is 0 Å². The molecule has 4 nitrogen and oxygen atoms in total. The lowest BCUT2D eigenvalue weighted by molar-refractivity contribution is 0.1000. The number of amides is 1. The molecule has 5 heteroatoms. The Labute approximate surface area is 103 Å². The van der Waals surface area contributed by atoms with Crippen LogP contribution in [0, 0.1) is 0 Å². The fourth-order valence-electron chi connectivity index (χ4n) is 1.49. The van der Waals surface area contributed by atoms with Crippen LogP contribution in [-0.4, -0.2) is 10.9 Å². The fraction of sp³-hybridized carbons (Fsp3) is 0.167. The first kappa shape index (κ1) is 11.8. The maximum Gasteiger partial charge on any atom is 0.248 e. The first-order valence-corrected chi connectivity index (χ1v) is 6.16. The Balaban J connectivity index is 1.90. The third-order valence-corrected chi connectivity index (χ3v) is 2.97. The fourth-order valence-corrected chi connectivity index (χ4v) is 2.05. The van der Waals surface area contributed by atoms with Gasteiger partial charge in [-0.2, -0.15) is 0 Å². The van der Waals surface area contributed by atoms with E-state index < -0.39 is 5.91 Å². The van der Waals surface area contributed by atoms with Gasteiger partial charge in [-0.3, -0.25) is 4.79 Å². The Morgan fingerprint density at radius 2 is 2.29 bits per heavy atom. The van der Waals surface area contributed by atoms with Gasteiger partial charge in [0, 0.05) is 24.0 Å². The van der Waals surface area contributed by atoms with Crippen molar-refractivity contribution in [2.24, 2.45) is 5.73 Å². The molecular formula is C12H13N3OS. The molecule has 88 valence electrons. The maximum atomic E-state index is 11.0. The molecule has 17 heavy (non-hydrogen) atoms. The van der Waals surface area contributed by atoms with Gasteiger partial charge < -0.3 is 11.1 Å². The van der Waals surface area contributed by atoms with Crippen LogP contribution in [0.2, 0.25) is 0 Å². The molecule has 2 rings (SSSR count). The summed E-state index contributed by atoms with van der Waals surface area (Å²) in [6.45, 7) is 1.42. The molecule has 0 unspecified atom stereocenters. The summed E-state index contributed by atoms with van der Waals surface area (Å²) in [7, 11) is 0. The molecule has 2 aromatic rings. The Kier molecular flexibility index (Phi) is 3.85. The number of thiazole rings is 1. The minimum atomic E-state index is -0.397. The molecule has 0 aliphatic carbocycles. The van der Waals surface area contributed by atoms with Crippen LogP contribution in [0.1, 0.15) is 21.6 Å². The molecule has 0 aliphatic rings. The van der Waals surface area contributed by atoms with Crippen molar-refractivity contribution in [1.29, 1.82) is 0 Å². The molecular weight excluding hydrogens is 234 g/mol. The topological polar surface area (TPSA) is 68.0 Å². The molecule has 0 bridgehead atoms. The number of primary amides is 1. The van der Waals surface area contributed by atoms with Gasteiger partial charge in [0.25, 0.3) is 0 Å². The van der Waals surface area contributed by atoms with Gasteiger partial charge in [-0.1, -0.05) is 12.1 Å². The molecule has 0 fully saturated rings. The largest absolute Gasteiger partial charge is 0.366 e. The Morgan fingerprint density at radius 1 is 1.41 bits per heavy atom. The van der Waals surface area contributed by atoms with Crippen molar-refractivity contribution in [3.63, 3.8) is 0 Å². The van der Waals surface area contributed by atoms with Crippen molar-refractivity contribution in [2.75, 3.05) is 0 Å². The molecule has 0 saturated carbocycles. The van der Waals surface area contributed by atoms with E-state index in [2.05, 4.69) is 10.3 Å². The monoisotopic (exact) mass is 247 g/mol. The molecule has 0 spiro atoms. The summed E-state index contributed by atoms with van der Waals surface area (Å²) in [5.41, 5.74) is 9.64. The normalized spacial score (nSPS) is 10.4. The standard InChI is InChI=1S/C12H13N3OS/c13-12(16)10-3-1-2-9(4-10)5-14-6-11-7-17-8-15-11/h1-4,7-8,14H,5-6H2,(H2,13,16). The predicted molar refractivity (Wildman–Crippen MR) is 67.6 cm³/mol. The van der Waals surface area contributed by atoms with E-state index in [0.717, 1.165) is 17.8 Å². The van der Waals surface area contributed by atoms with Crippen LogP contribution in [0.4, 0.5) is 0 Å². The van der Waals surface area contributed by atoms with E-state index in [9.17, 15) is 4.79 Å². The minimum Gasteiger partial charge on any atom is -0.366 e. The highest BCUT2D eigenvalue weighted by atomic mass is 32.1. The van der Waals surface area contributed by atoms with E-state index >= 15 is 0 Å². The van der Waals surface area contributed by atoms with Gasteiger partial charge in [0.2, 0.25) is 5.91 Å². The van der Waals surface area contributed by atoms with Crippen molar-refractivity contribution in [2.45, 2.75) is 13.1 Å². The van der Waals surface area contributed by atoms with E-state index in [4.69, 9.17) is 5.73 Å². The molecule has 0 atom stereocenters. The van der Waals surface area contributed by atoms with E-state index in [1.807, 2.05) is 23.0 Å². The third kappa shape index (κ3) is 3.37. The number of carbonyl (C=O) groups excluding carboxylic acids is 1. The van der Waals surface area contributed by atoms with Crippen LogP contribution >= 0.6 is 11.3 Å². The van der Waals surface area contributed by atoms with Crippen molar-refractivity contribution in [1.82, 2.24) is 10.3 Å². The lowest BCUT2D eigenvalue weighted by Gasteiger charge is -2.04. The van der Waals surface area contributed by atoms with Gasteiger partial charge in [0.05, 0.1) is 11.2 Å². The molecule has 0 aliphatic heterocycles. The van der Waals surface area contributed by atoms with Gasteiger partial charge in [-0.15, -0.1) is 11.3 Å². The third-order valence-electron chi connectivity index (χ3n) is 2.33. The molecule has 0 radical (unpaired) electrons. The summed E-state index contributed by atoms with van der Waals surface area (Å²) in [5, 5.41) is 5.27. The minimum absolute atomic E-state index is 0.397. The number of nitrogens with zero attached hydrogens (tertiary/aromatic N) is 1. The van der Waals surface area contributed by atoms with Crippen molar-refractivity contribution >= 4 is 17.2 Å². The summed E-state index contributed by atoms with van der Waals surface area (Å²) < 4.78 is 0. The lowest BCUT2D eigenvalue weighted by Crippen LogP contribution is -2.15. The zero-order chi connectivity index (χ0) is 12.1. The number of hydrogen-bond acceptors (Lipinski definition) is 4. The first-order valence-electron chi connectivity index (χ1n) is 5.22. The number of rotatable bonds is 5. The predicted octanol–water partition coefficient (Wildman–Crippen LogP) is 1.53. The average Bonchev–Trinajstić information content (AvgIpc) is 2.82. The van der Waals surface area contributed by atoms with Crippen LogP contribution in [0.25, 0.3) is 0 Å². The van der Waals surface area contributed by atoms with Crippen LogP contribution in [0.15, 0.2) is 35.2 Å². The molecule has 1 amide bonds. The van der Waals surface area contributed by atoms with Crippen LogP contribution in [0.5, 0.6) is 0 Å². The number of carbonyl (C=O) groups is 1. The van der Waals surface area contributed by atoms with E-state index in [-0.39, 0.29) is 0 Å². The highest BCUT2D eigenvalue weighted by molar-refractivity contribution is 7.07. The molecule has 3 N–H and O–H groups in total. The number of benzene rings is 1. The average molecular weight is 247 g/mol. The summed E-state index contributed by atoms with van der Waals surface area (Å²) in [6, 6.07) is 7.31. The van der Waals surface area contributed by atoms with Gasteiger partial charge in [-0.25, -0.2) is 4.98 Å². The molecule has 1 aromatic heterocycles. The smallest absolute Gasteiger partial charge is 0.248 e. The molecule has 1 heterocycles. The van der Waals surface area contributed by atoms with Gasteiger partial charge in [0.15, 0.2) is 0 Å². The lowest BCUT2D eigenvalue weighted by atomic mass is 10.1. The van der Waals surface area contributed by atoms with Gasteiger partial charge >= 0.3 is 0 Å². The summed E-state index contributed by atoms with van der Waals surface area (Å²) in [5.74, 6) is -0.397. The second kappa shape index (κ2) is 5.56. The van der Waals surface area contributed by atoms with E-state index in [0.29, 0.717) is 12.1 Å².